The Hall–Kier alpha value is -2.42. The first-order valence-electron chi connectivity index (χ1n) is 8.46. The lowest BCUT2D eigenvalue weighted by Gasteiger charge is -2.06. The summed E-state index contributed by atoms with van der Waals surface area (Å²) in [5.41, 5.74) is 4.27. The van der Waals surface area contributed by atoms with Gasteiger partial charge in [-0.2, -0.15) is 0 Å². The number of anilines is 2. The summed E-state index contributed by atoms with van der Waals surface area (Å²) >= 11 is 8.90. The van der Waals surface area contributed by atoms with E-state index in [1.54, 1.807) is 12.1 Å². The number of halogens is 1. The van der Waals surface area contributed by atoms with E-state index in [1.807, 2.05) is 12.1 Å². The molecule has 4 rings (SSSR count). The number of hydrogen-bond donors (Lipinski definition) is 1. The summed E-state index contributed by atoms with van der Waals surface area (Å²) in [5, 5.41) is 21.3. The van der Waals surface area contributed by atoms with Gasteiger partial charge in [-0.1, -0.05) is 52.4 Å². The molecule has 1 N–H and O–H groups in total. The molecule has 0 saturated heterocycles. The van der Waals surface area contributed by atoms with Gasteiger partial charge in [-0.05, 0) is 49.7 Å². The molecule has 0 amide bonds. The van der Waals surface area contributed by atoms with Crippen molar-refractivity contribution < 1.29 is 4.42 Å². The molecule has 0 aliphatic heterocycles. The second-order valence-electron chi connectivity index (χ2n) is 6.11. The highest BCUT2D eigenvalue weighted by molar-refractivity contribution is 8.00. The van der Waals surface area contributed by atoms with Gasteiger partial charge < -0.3 is 9.73 Å². The van der Waals surface area contributed by atoms with Crippen molar-refractivity contribution in [3.8, 4) is 11.5 Å². The fraction of sp³-hybridized carbons (Fsp3) is 0.158. The highest BCUT2D eigenvalue weighted by Gasteiger charge is 2.12. The third kappa shape index (κ3) is 4.52. The standard InChI is InChI=1S/C19H16ClN5OS2/c1-11-3-8-15(12(2)9-11)21-18-24-25-19(28-18)27-10-16-22-23-17(26-16)13-4-6-14(20)7-5-13/h3-9H,10H2,1-2H3,(H,21,24). The first kappa shape index (κ1) is 18.9. The van der Waals surface area contributed by atoms with Crippen LogP contribution in [0.4, 0.5) is 10.8 Å². The molecule has 2 heterocycles. The molecule has 0 saturated carbocycles. The quantitative estimate of drug-likeness (QED) is 0.382. The molecule has 0 fully saturated rings. The summed E-state index contributed by atoms with van der Waals surface area (Å²) in [6.07, 6.45) is 0. The van der Waals surface area contributed by atoms with Gasteiger partial charge in [0.25, 0.3) is 0 Å². The molecule has 0 atom stereocenters. The molecule has 0 bridgehead atoms. The predicted octanol–water partition coefficient (Wildman–Crippen LogP) is 5.89. The lowest BCUT2D eigenvalue weighted by Crippen LogP contribution is -1.92. The van der Waals surface area contributed by atoms with Crippen molar-refractivity contribution in [3.63, 3.8) is 0 Å². The highest BCUT2D eigenvalue weighted by Crippen LogP contribution is 2.31. The average molecular weight is 430 g/mol. The summed E-state index contributed by atoms with van der Waals surface area (Å²) in [6.45, 7) is 4.15. The molecular formula is C19H16ClN5OS2. The third-order valence-corrected chi connectivity index (χ3v) is 6.12. The lowest BCUT2D eigenvalue weighted by molar-refractivity contribution is 0.528. The predicted molar refractivity (Wildman–Crippen MR) is 113 cm³/mol. The first-order valence-corrected chi connectivity index (χ1v) is 10.6. The summed E-state index contributed by atoms with van der Waals surface area (Å²) in [7, 11) is 0. The maximum Gasteiger partial charge on any atom is 0.247 e. The van der Waals surface area contributed by atoms with Crippen molar-refractivity contribution in [3.05, 3.63) is 64.5 Å². The average Bonchev–Trinajstić information content (AvgIpc) is 3.32. The second kappa shape index (κ2) is 8.30. The topological polar surface area (TPSA) is 76.7 Å². The Morgan fingerprint density at radius 2 is 1.86 bits per heavy atom. The summed E-state index contributed by atoms with van der Waals surface area (Å²) < 4.78 is 6.55. The van der Waals surface area contributed by atoms with E-state index in [1.165, 1.54) is 34.2 Å². The Kier molecular flexibility index (Phi) is 5.61. The van der Waals surface area contributed by atoms with Crippen LogP contribution in [0, 0.1) is 13.8 Å². The van der Waals surface area contributed by atoms with Crippen LogP contribution in [0.5, 0.6) is 0 Å². The smallest absolute Gasteiger partial charge is 0.247 e. The van der Waals surface area contributed by atoms with E-state index >= 15 is 0 Å². The van der Waals surface area contributed by atoms with E-state index < -0.39 is 0 Å². The largest absolute Gasteiger partial charge is 0.420 e. The molecule has 28 heavy (non-hydrogen) atoms. The van der Waals surface area contributed by atoms with Gasteiger partial charge >= 0.3 is 0 Å². The highest BCUT2D eigenvalue weighted by atomic mass is 35.5. The fourth-order valence-corrected chi connectivity index (χ4v) is 4.26. The van der Waals surface area contributed by atoms with Crippen molar-refractivity contribution in [2.45, 2.75) is 23.9 Å². The van der Waals surface area contributed by atoms with Gasteiger partial charge in [0, 0.05) is 16.3 Å². The van der Waals surface area contributed by atoms with Crippen molar-refractivity contribution in [1.82, 2.24) is 20.4 Å². The van der Waals surface area contributed by atoms with Gasteiger partial charge in [0.1, 0.15) is 0 Å². The van der Waals surface area contributed by atoms with Crippen molar-refractivity contribution in [1.29, 1.82) is 0 Å². The van der Waals surface area contributed by atoms with Crippen molar-refractivity contribution >= 4 is 45.5 Å². The maximum atomic E-state index is 5.90. The van der Waals surface area contributed by atoms with Gasteiger partial charge in [-0.3, -0.25) is 0 Å². The van der Waals surface area contributed by atoms with Gasteiger partial charge in [-0.25, -0.2) is 0 Å². The number of rotatable bonds is 6. The Balaban J connectivity index is 1.37. The maximum absolute atomic E-state index is 5.90. The van der Waals surface area contributed by atoms with Crippen LogP contribution < -0.4 is 5.32 Å². The monoisotopic (exact) mass is 429 g/mol. The zero-order valence-corrected chi connectivity index (χ0v) is 17.5. The second-order valence-corrected chi connectivity index (χ2v) is 8.75. The van der Waals surface area contributed by atoms with E-state index in [-0.39, 0.29) is 0 Å². The minimum atomic E-state index is 0.474. The zero-order valence-electron chi connectivity index (χ0n) is 15.1. The van der Waals surface area contributed by atoms with Crippen LogP contribution >= 0.6 is 34.7 Å². The summed E-state index contributed by atoms with van der Waals surface area (Å²) in [6, 6.07) is 13.5. The van der Waals surface area contributed by atoms with Crippen LogP contribution in [0.15, 0.2) is 51.2 Å². The van der Waals surface area contributed by atoms with Crippen LogP contribution in [0.1, 0.15) is 17.0 Å². The molecular weight excluding hydrogens is 414 g/mol. The Morgan fingerprint density at radius 1 is 1.04 bits per heavy atom. The number of nitrogens with one attached hydrogen (secondary N) is 1. The number of nitrogens with zero attached hydrogens (tertiary/aromatic N) is 4. The van der Waals surface area contributed by atoms with E-state index in [9.17, 15) is 0 Å². The summed E-state index contributed by atoms with van der Waals surface area (Å²) in [5.74, 6) is 1.54. The molecule has 9 heteroatoms. The third-order valence-electron chi connectivity index (χ3n) is 3.91. The minimum Gasteiger partial charge on any atom is -0.420 e. The zero-order chi connectivity index (χ0) is 19.5. The molecule has 142 valence electrons. The summed E-state index contributed by atoms with van der Waals surface area (Å²) in [4.78, 5) is 0. The van der Waals surface area contributed by atoms with E-state index in [2.05, 4.69) is 57.8 Å². The van der Waals surface area contributed by atoms with Crippen molar-refractivity contribution in [2.24, 2.45) is 0 Å². The lowest BCUT2D eigenvalue weighted by atomic mass is 10.1. The Morgan fingerprint density at radius 3 is 2.64 bits per heavy atom. The Labute approximate surface area is 175 Å². The molecule has 2 aromatic heterocycles. The van der Waals surface area contributed by atoms with Crippen molar-refractivity contribution in [2.75, 3.05) is 5.32 Å². The van der Waals surface area contributed by atoms with E-state index in [0.29, 0.717) is 22.6 Å². The number of hydrogen-bond acceptors (Lipinski definition) is 8. The van der Waals surface area contributed by atoms with Crippen LogP contribution in [-0.2, 0) is 5.75 Å². The number of aromatic nitrogens is 4. The fourth-order valence-electron chi connectivity index (χ4n) is 2.53. The molecule has 0 radical (unpaired) electrons. The molecule has 4 aromatic rings. The molecule has 0 unspecified atom stereocenters. The number of thioether (sulfide) groups is 1. The molecule has 2 aromatic carbocycles. The number of aryl methyl sites for hydroxylation is 2. The van der Waals surface area contributed by atoms with E-state index in [4.69, 9.17) is 16.0 Å². The van der Waals surface area contributed by atoms with Crippen LogP contribution in [0.2, 0.25) is 5.02 Å². The molecule has 0 aliphatic carbocycles. The molecule has 0 spiro atoms. The molecule has 6 nitrogen and oxygen atoms in total. The van der Waals surface area contributed by atoms with Gasteiger partial charge in [0.2, 0.25) is 16.9 Å². The SMILES string of the molecule is Cc1ccc(Nc2nnc(SCc3nnc(-c4ccc(Cl)cc4)o3)s2)c(C)c1. The first-order chi connectivity index (χ1) is 13.6. The Bertz CT molecular complexity index is 1090. The minimum absolute atomic E-state index is 0.474. The van der Waals surface area contributed by atoms with Crippen LogP contribution in [-0.4, -0.2) is 20.4 Å². The van der Waals surface area contributed by atoms with Crippen LogP contribution in [0.25, 0.3) is 11.5 Å². The molecule has 0 aliphatic rings. The normalized spacial score (nSPS) is 11.0. The van der Waals surface area contributed by atoms with Crippen LogP contribution in [0.3, 0.4) is 0 Å². The number of benzene rings is 2. The van der Waals surface area contributed by atoms with Gasteiger partial charge in [0.15, 0.2) is 4.34 Å². The van der Waals surface area contributed by atoms with Gasteiger partial charge in [0.05, 0.1) is 5.75 Å². The van der Waals surface area contributed by atoms with E-state index in [0.717, 1.165) is 20.7 Å². The van der Waals surface area contributed by atoms with Gasteiger partial charge in [-0.15, -0.1) is 20.4 Å².